The van der Waals surface area contributed by atoms with E-state index in [-0.39, 0.29) is 0 Å². The first-order valence-electron chi connectivity index (χ1n) is 5.46. The molecule has 0 amide bonds. The predicted octanol–water partition coefficient (Wildman–Crippen LogP) is 3.46. The monoisotopic (exact) mass is 180 g/mol. The minimum Gasteiger partial charge on any atom is -0.374 e. The number of rotatable bonds is 6. The van der Waals surface area contributed by atoms with Crippen LogP contribution >= 0.6 is 0 Å². The Hall–Kier alpha value is -0.520. The number of hydrogen-bond acceptors (Lipinski definition) is 1. The van der Waals surface area contributed by atoms with Gasteiger partial charge in [0.25, 0.3) is 0 Å². The molecular weight excluding hydrogens is 160 g/mol. The summed E-state index contributed by atoms with van der Waals surface area (Å²) in [4.78, 5) is 0. The molecule has 0 aliphatic heterocycles. The Morgan fingerprint density at radius 1 is 1.38 bits per heavy atom. The van der Waals surface area contributed by atoms with Gasteiger partial charge in [-0.05, 0) is 31.4 Å². The molecule has 0 aromatic carbocycles. The van der Waals surface area contributed by atoms with E-state index in [9.17, 15) is 0 Å². The summed E-state index contributed by atoms with van der Waals surface area (Å²) in [5, 5.41) is 0. The molecule has 0 radical (unpaired) electrons. The second-order valence-electron chi connectivity index (χ2n) is 3.58. The van der Waals surface area contributed by atoms with Crippen molar-refractivity contribution in [2.24, 2.45) is 0 Å². The maximum Gasteiger partial charge on any atom is 0.0832 e. The third-order valence-electron chi connectivity index (χ3n) is 2.33. The molecule has 0 saturated heterocycles. The SMILES string of the molecule is CCCCCCOC1C=C=CCC1. The van der Waals surface area contributed by atoms with Gasteiger partial charge in [0.1, 0.15) is 0 Å². The van der Waals surface area contributed by atoms with E-state index in [2.05, 4.69) is 18.7 Å². The summed E-state index contributed by atoms with van der Waals surface area (Å²) in [7, 11) is 0. The molecule has 74 valence electrons. The van der Waals surface area contributed by atoms with Gasteiger partial charge in [0.15, 0.2) is 0 Å². The van der Waals surface area contributed by atoms with E-state index in [1.807, 2.05) is 6.08 Å². The Morgan fingerprint density at radius 3 is 3.00 bits per heavy atom. The van der Waals surface area contributed by atoms with Crippen LogP contribution in [0, 0.1) is 0 Å². The Labute approximate surface area is 81.5 Å². The minimum absolute atomic E-state index is 0.339. The smallest absolute Gasteiger partial charge is 0.0832 e. The van der Waals surface area contributed by atoms with Gasteiger partial charge in [-0.15, -0.1) is 5.73 Å². The average Bonchev–Trinajstić information content (AvgIpc) is 2.19. The highest BCUT2D eigenvalue weighted by Crippen LogP contribution is 2.09. The van der Waals surface area contributed by atoms with Gasteiger partial charge >= 0.3 is 0 Å². The standard InChI is InChI=1S/C12H20O/c1-2-3-4-8-11-13-12-9-6-5-7-10-12/h5,10,12H,2-4,6,8-9,11H2,1H3. The van der Waals surface area contributed by atoms with Crippen molar-refractivity contribution in [2.45, 2.75) is 51.6 Å². The van der Waals surface area contributed by atoms with E-state index in [1.165, 1.54) is 25.7 Å². The Morgan fingerprint density at radius 2 is 2.31 bits per heavy atom. The zero-order valence-corrected chi connectivity index (χ0v) is 8.59. The van der Waals surface area contributed by atoms with Crippen molar-refractivity contribution in [1.82, 2.24) is 0 Å². The van der Waals surface area contributed by atoms with Crippen molar-refractivity contribution in [1.29, 1.82) is 0 Å². The lowest BCUT2D eigenvalue weighted by Gasteiger charge is -2.13. The van der Waals surface area contributed by atoms with E-state index in [4.69, 9.17) is 4.74 Å². The number of ether oxygens (including phenoxy) is 1. The van der Waals surface area contributed by atoms with Crippen molar-refractivity contribution in [3.8, 4) is 0 Å². The van der Waals surface area contributed by atoms with E-state index in [0.717, 1.165) is 19.4 Å². The average molecular weight is 180 g/mol. The number of unbranched alkanes of at least 4 members (excludes halogenated alkanes) is 3. The largest absolute Gasteiger partial charge is 0.374 e. The van der Waals surface area contributed by atoms with Gasteiger partial charge in [0.05, 0.1) is 6.10 Å². The van der Waals surface area contributed by atoms with Crippen LogP contribution in [0.2, 0.25) is 0 Å². The van der Waals surface area contributed by atoms with Crippen LogP contribution in [0.5, 0.6) is 0 Å². The molecule has 1 atom stereocenters. The van der Waals surface area contributed by atoms with Crippen LogP contribution in [0.1, 0.15) is 45.4 Å². The molecular formula is C12H20O. The van der Waals surface area contributed by atoms with Crippen molar-refractivity contribution in [2.75, 3.05) is 6.61 Å². The summed E-state index contributed by atoms with van der Waals surface area (Å²) < 4.78 is 5.69. The number of hydrogen-bond donors (Lipinski definition) is 0. The van der Waals surface area contributed by atoms with Gasteiger partial charge in [-0.25, -0.2) is 0 Å². The summed E-state index contributed by atoms with van der Waals surface area (Å²) in [5.41, 5.74) is 3.11. The second kappa shape index (κ2) is 6.94. The zero-order chi connectivity index (χ0) is 9.36. The maximum absolute atomic E-state index is 5.69. The topological polar surface area (TPSA) is 9.23 Å². The molecule has 0 aromatic heterocycles. The molecule has 0 N–H and O–H groups in total. The summed E-state index contributed by atoms with van der Waals surface area (Å²) in [5.74, 6) is 0. The molecule has 0 aromatic rings. The van der Waals surface area contributed by atoms with E-state index < -0.39 is 0 Å². The van der Waals surface area contributed by atoms with Gasteiger partial charge in [0.2, 0.25) is 0 Å². The van der Waals surface area contributed by atoms with Crippen molar-refractivity contribution >= 4 is 0 Å². The molecule has 1 heteroatoms. The summed E-state index contributed by atoms with van der Waals surface area (Å²) in [6.07, 6.45) is 11.9. The van der Waals surface area contributed by atoms with Gasteiger partial charge in [0, 0.05) is 6.61 Å². The normalized spacial score (nSPS) is 20.8. The van der Waals surface area contributed by atoms with Crippen LogP contribution < -0.4 is 0 Å². The quantitative estimate of drug-likeness (QED) is 0.449. The third kappa shape index (κ3) is 4.92. The van der Waals surface area contributed by atoms with Gasteiger partial charge in [-0.2, -0.15) is 0 Å². The van der Waals surface area contributed by atoms with Crippen LogP contribution in [0.25, 0.3) is 0 Å². The highest BCUT2D eigenvalue weighted by molar-refractivity contribution is 4.96. The molecule has 0 saturated carbocycles. The van der Waals surface area contributed by atoms with Crippen molar-refractivity contribution in [3.63, 3.8) is 0 Å². The Kier molecular flexibility index (Phi) is 5.64. The van der Waals surface area contributed by atoms with Crippen molar-refractivity contribution in [3.05, 3.63) is 17.9 Å². The second-order valence-corrected chi connectivity index (χ2v) is 3.58. The van der Waals surface area contributed by atoms with E-state index >= 15 is 0 Å². The molecule has 0 heterocycles. The van der Waals surface area contributed by atoms with Crippen LogP contribution in [-0.4, -0.2) is 12.7 Å². The lowest BCUT2D eigenvalue weighted by molar-refractivity contribution is 0.0760. The predicted molar refractivity (Wildman–Crippen MR) is 55.8 cm³/mol. The van der Waals surface area contributed by atoms with E-state index in [1.54, 1.807) is 0 Å². The first-order chi connectivity index (χ1) is 6.43. The van der Waals surface area contributed by atoms with Gasteiger partial charge < -0.3 is 4.74 Å². The highest BCUT2D eigenvalue weighted by atomic mass is 16.5. The van der Waals surface area contributed by atoms with Crippen LogP contribution in [0.3, 0.4) is 0 Å². The highest BCUT2D eigenvalue weighted by Gasteiger charge is 2.05. The lowest BCUT2D eigenvalue weighted by atomic mass is 10.1. The van der Waals surface area contributed by atoms with Gasteiger partial charge in [-0.3, -0.25) is 0 Å². The fourth-order valence-corrected chi connectivity index (χ4v) is 1.48. The molecule has 1 rings (SSSR count). The molecule has 0 fully saturated rings. The maximum atomic E-state index is 5.69. The van der Waals surface area contributed by atoms with Crippen LogP contribution in [0.15, 0.2) is 17.9 Å². The molecule has 0 spiro atoms. The van der Waals surface area contributed by atoms with E-state index in [0.29, 0.717) is 6.10 Å². The summed E-state index contributed by atoms with van der Waals surface area (Å²) in [6.45, 7) is 3.15. The van der Waals surface area contributed by atoms with Crippen LogP contribution in [0.4, 0.5) is 0 Å². The first-order valence-corrected chi connectivity index (χ1v) is 5.46. The third-order valence-corrected chi connectivity index (χ3v) is 2.33. The fourth-order valence-electron chi connectivity index (χ4n) is 1.48. The minimum atomic E-state index is 0.339. The Bertz CT molecular complexity index is 178. The first kappa shape index (κ1) is 10.6. The molecule has 0 bridgehead atoms. The zero-order valence-electron chi connectivity index (χ0n) is 8.59. The molecule has 1 aliphatic rings. The molecule has 1 aliphatic carbocycles. The molecule has 13 heavy (non-hydrogen) atoms. The van der Waals surface area contributed by atoms with Gasteiger partial charge in [-0.1, -0.05) is 26.2 Å². The van der Waals surface area contributed by atoms with Crippen molar-refractivity contribution < 1.29 is 4.74 Å². The summed E-state index contributed by atoms with van der Waals surface area (Å²) >= 11 is 0. The molecule has 1 unspecified atom stereocenters. The van der Waals surface area contributed by atoms with Crippen LogP contribution in [-0.2, 0) is 4.74 Å². The summed E-state index contributed by atoms with van der Waals surface area (Å²) in [6, 6.07) is 0. The Balaban J connectivity index is 1.96. The fraction of sp³-hybridized carbons (Fsp3) is 0.750. The molecule has 1 nitrogen and oxygen atoms in total. The lowest BCUT2D eigenvalue weighted by Crippen LogP contribution is -2.11.